The molecule has 4 N–H and O–H groups in total. The maximum atomic E-state index is 12.1. The van der Waals surface area contributed by atoms with Gasteiger partial charge in [-0.05, 0) is 24.3 Å². The van der Waals surface area contributed by atoms with Gasteiger partial charge in [-0.2, -0.15) is 0 Å². The molecule has 2 atom stereocenters. The number of nitrogens with one attached hydrogen (secondary N) is 2. The van der Waals surface area contributed by atoms with Gasteiger partial charge in [-0.15, -0.1) is 0 Å². The maximum Gasteiger partial charge on any atom is 0.331 e. The third-order valence-electron chi connectivity index (χ3n) is 4.39. The number of aliphatic hydroxyl groups is 2. The van der Waals surface area contributed by atoms with Crippen molar-refractivity contribution in [2.75, 3.05) is 26.4 Å². The lowest BCUT2D eigenvalue weighted by Crippen LogP contribution is -2.45. The van der Waals surface area contributed by atoms with Crippen LogP contribution >= 0.6 is 0 Å². The van der Waals surface area contributed by atoms with E-state index in [-0.39, 0.29) is 19.6 Å². The molecule has 0 aliphatic rings. The van der Waals surface area contributed by atoms with E-state index in [1.54, 1.807) is 60.7 Å². The van der Waals surface area contributed by atoms with Crippen LogP contribution in [0.1, 0.15) is 27.1 Å². The molecule has 0 aliphatic heterocycles. The second kappa shape index (κ2) is 13.6. The molecule has 0 fully saturated rings. The van der Waals surface area contributed by atoms with E-state index < -0.39 is 49.1 Å². The van der Waals surface area contributed by atoms with Crippen molar-refractivity contribution in [1.29, 1.82) is 0 Å². The highest BCUT2D eigenvalue weighted by Crippen LogP contribution is 2.02. The summed E-state index contributed by atoms with van der Waals surface area (Å²) in [5.74, 6) is -2.74. The monoisotopic (exact) mass is 458 g/mol. The summed E-state index contributed by atoms with van der Waals surface area (Å²) < 4.78 is 10.00. The predicted molar refractivity (Wildman–Crippen MR) is 116 cm³/mol. The molecule has 33 heavy (non-hydrogen) atoms. The van der Waals surface area contributed by atoms with Crippen LogP contribution in [0.25, 0.3) is 0 Å². The third-order valence-corrected chi connectivity index (χ3v) is 4.39. The van der Waals surface area contributed by atoms with Gasteiger partial charge in [-0.3, -0.25) is 9.59 Å². The zero-order valence-electron chi connectivity index (χ0n) is 17.8. The van der Waals surface area contributed by atoms with Crippen LogP contribution in [0, 0.1) is 0 Å². The second-order valence-electron chi connectivity index (χ2n) is 6.84. The van der Waals surface area contributed by atoms with E-state index >= 15 is 0 Å². The minimum Gasteiger partial charge on any atom is -0.464 e. The summed E-state index contributed by atoms with van der Waals surface area (Å²) in [6.45, 7) is -1.56. The second-order valence-corrected chi connectivity index (χ2v) is 6.84. The molecule has 176 valence electrons. The Morgan fingerprint density at radius 3 is 1.36 bits per heavy atom. The van der Waals surface area contributed by atoms with Crippen LogP contribution in [0.4, 0.5) is 0 Å². The molecule has 2 unspecified atom stereocenters. The van der Waals surface area contributed by atoms with E-state index in [0.717, 1.165) is 0 Å². The maximum absolute atomic E-state index is 12.1. The molecule has 2 aromatic rings. The fourth-order valence-corrected chi connectivity index (χ4v) is 2.63. The summed E-state index contributed by atoms with van der Waals surface area (Å²) in [6.07, 6.45) is 0.132. The fraction of sp³-hybridized carbons (Fsp3) is 0.304. The summed E-state index contributed by atoms with van der Waals surface area (Å²) in [4.78, 5) is 48.3. The average Bonchev–Trinajstić information content (AvgIpc) is 2.86. The lowest BCUT2D eigenvalue weighted by Gasteiger charge is -2.16. The van der Waals surface area contributed by atoms with E-state index in [9.17, 15) is 29.4 Å². The molecular weight excluding hydrogens is 432 g/mol. The summed E-state index contributed by atoms with van der Waals surface area (Å²) in [5, 5.41) is 23.5. The predicted octanol–water partition coefficient (Wildman–Crippen LogP) is 0.0447. The van der Waals surface area contributed by atoms with Gasteiger partial charge in [0.15, 0.2) is 12.1 Å². The van der Waals surface area contributed by atoms with Gasteiger partial charge < -0.3 is 30.3 Å². The van der Waals surface area contributed by atoms with Crippen LogP contribution in [0.15, 0.2) is 60.7 Å². The van der Waals surface area contributed by atoms with Crippen LogP contribution in [0.5, 0.6) is 0 Å². The lowest BCUT2D eigenvalue weighted by molar-refractivity contribution is -0.149. The number of benzene rings is 2. The molecule has 0 saturated heterocycles. The van der Waals surface area contributed by atoms with Crippen LogP contribution < -0.4 is 10.6 Å². The van der Waals surface area contributed by atoms with Gasteiger partial charge in [0.25, 0.3) is 11.8 Å². The van der Waals surface area contributed by atoms with Crippen molar-refractivity contribution in [2.45, 2.75) is 18.5 Å². The van der Waals surface area contributed by atoms with Gasteiger partial charge in [0, 0.05) is 17.5 Å². The first-order valence-corrected chi connectivity index (χ1v) is 10.2. The van der Waals surface area contributed by atoms with E-state index in [4.69, 9.17) is 9.47 Å². The summed E-state index contributed by atoms with van der Waals surface area (Å²) in [6, 6.07) is 13.9. The van der Waals surface area contributed by atoms with Gasteiger partial charge in [-0.1, -0.05) is 36.4 Å². The average molecular weight is 458 g/mol. The Kier molecular flexibility index (Phi) is 10.5. The van der Waals surface area contributed by atoms with Gasteiger partial charge in [0.1, 0.15) is 0 Å². The number of amides is 2. The Morgan fingerprint density at radius 1 is 0.667 bits per heavy atom. The van der Waals surface area contributed by atoms with Crippen LogP contribution in [-0.2, 0) is 19.1 Å². The number of aliphatic hydroxyl groups excluding tert-OH is 2. The van der Waals surface area contributed by atoms with Crippen LogP contribution in [-0.4, -0.2) is 72.5 Å². The number of hydrogen-bond acceptors (Lipinski definition) is 8. The number of rotatable bonds is 12. The number of esters is 2. The van der Waals surface area contributed by atoms with Gasteiger partial charge in [0.2, 0.25) is 0 Å². The molecule has 0 aromatic heterocycles. The SMILES string of the molecule is O=C(NC(CO)C(=O)OCCCOC(=O)C(CO)NC(=O)c1ccccc1)c1ccccc1. The van der Waals surface area contributed by atoms with Crippen molar-refractivity contribution < 1.29 is 38.9 Å². The third kappa shape index (κ3) is 8.36. The van der Waals surface area contributed by atoms with E-state index in [0.29, 0.717) is 11.1 Å². The molecular formula is C23H26N2O8. The molecule has 0 spiro atoms. The minimum atomic E-state index is -1.24. The number of carbonyl (C=O) groups is 4. The van der Waals surface area contributed by atoms with Crippen molar-refractivity contribution in [3.8, 4) is 0 Å². The zero-order chi connectivity index (χ0) is 24.1. The molecule has 0 radical (unpaired) electrons. The molecule has 10 heteroatoms. The molecule has 0 saturated carbocycles. The lowest BCUT2D eigenvalue weighted by atomic mass is 10.2. The van der Waals surface area contributed by atoms with Gasteiger partial charge in [0.05, 0.1) is 26.4 Å². The standard InChI is InChI=1S/C23H26N2O8/c26-14-18(24-20(28)16-8-3-1-4-9-16)22(30)32-12-7-13-33-23(31)19(15-27)25-21(29)17-10-5-2-6-11-17/h1-6,8-11,18-19,26-27H,7,12-15H2,(H,24,28)(H,25,29). The quantitative estimate of drug-likeness (QED) is 0.257. The van der Waals surface area contributed by atoms with Crippen molar-refractivity contribution >= 4 is 23.8 Å². The highest BCUT2D eigenvalue weighted by atomic mass is 16.5. The number of hydrogen-bond donors (Lipinski definition) is 4. The Hall–Kier alpha value is -3.76. The van der Waals surface area contributed by atoms with E-state index in [2.05, 4.69) is 10.6 Å². The normalized spacial score (nSPS) is 12.2. The van der Waals surface area contributed by atoms with E-state index in [1.165, 1.54) is 0 Å². The smallest absolute Gasteiger partial charge is 0.331 e. The number of ether oxygens (including phenoxy) is 2. The Labute approximate surface area is 190 Å². The van der Waals surface area contributed by atoms with E-state index in [1.807, 2.05) is 0 Å². The largest absolute Gasteiger partial charge is 0.464 e. The van der Waals surface area contributed by atoms with Crippen molar-refractivity contribution in [3.63, 3.8) is 0 Å². The van der Waals surface area contributed by atoms with Gasteiger partial charge >= 0.3 is 11.9 Å². The highest BCUT2D eigenvalue weighted by Gasteiger charge is 2.23. The molecule has 2 aromatic carbocycles. The summed E-state index contributed by atoms with van der Waals surface area (Å²) in [7, 11) is 0. The minimum absolute atomic E-state index is 0.132. The Morgan fingerprint density at radius 2 is 1.03 bits per heavy atom. The van der Waals surface area contributed by atoms with Crippen molar-refractivity contribution in [2.24, 2.45) is 0 Å². The Bertz CT molecular complexity index is 845. The van der Waals surface area contributed by atoms with Crippen LogP contribution in [0.3, 0.4) is 0 Å². The number of carbonyl (C=O) groups excluding carboxylic acids is 4. The summed E-state index contributed by atoms with van der Waals surface area (Å²) >= 11 is 0. The fourth-order valence-electron chi connectivity index (χ4n) is 2.63. The highest BCUT2D eigenvalue weighted by molar-refractivity contribution is 5.97. The molecule has 0 aliphatic carbocycles. The zero-order valence-corrected chi connectivity index (χ0v) is 17.8. The molecule has 2 rings (SSSR count). The van der Waals surface area contributed by atoms with Crippen molar-refractivity contribution in [3.05, 3.63) is 71.8 Å². The first-order valence-electron chi connectivity index (χ1n) is 10.2. The Balaban J connectivity index is 1.70. The topological polar surface area (TPSA) is 151 Å². The van der Waals surface area contributed by atoms with Crippen LogP contribution in [0.2, 0.25) is 0 Å². The molecule has 10 nitrogen and oxygen atoms in total. The van der Waals surface area contributed by atoms with Gasteiger partial charge in [-0.25, -0.2) is 9.59 Å². The summed E-state index contributed by atoms with van der Waals surface area (Å²) in [5.41, 5.74) is 0.655. The molecule has 0 heterocycles. The first-order chi connectivity index (χ1) is 16.0. The molecule has 0 bridgehead atoms. The first kappa shape index (κ1) is 25.5. The van der Waals surface area contributed by atoms with Crippen molar-refractivity contribution in [1.82, 2.24) is 10.6 Å². The molecule has 2 amide bonds.